The van der Waals surface area contributed by atoms with Crippen molar-refractivity contribution in [3.8, 4) is 0 Å². The van der Waals surface area contributed by atoms with E-state index in [4.69, 9.17) is 11.6 Å². The van der Waals surface area contributed by atoms with E-state index in [2.05, 4.69) is 15.0 Å². The van der Waals surface area contributed by atoms with Crippen LogP contribution in [-0.2, 0) is 13.0 Å². The molecule has 0 unspecified atom stereocenters. The molecule has 25 heavy (non-hydrogen) atoms. The van der Waals surface area contributed by atoms with E-state index in [-0.39, 0.29) is 0 Å². The molecule has 130 valence electrons. The van der Waals surface area contributed by atoms with Gasteiger partial charge >= 0.3 is 5.69 Å². The molecule has 0 spiro atoms. The van der Waals surface area contributed by atoms with Crippen LogP contribution in [0.15, 0.2) is 33.9 Å². The van der Waals surface area contributed by atoms with Crippen molar-refractivity contribution < 1.29 is 0 Å². The number of imidazole rings is 1. The molecule has 6 nitrogen and oxygen atoms in total. The summed E-state index contributed by atoms with van der Waals surface area (Å²) in [5, 5.41) is 0.681. The molecule has 1 saturated carbocycles. The fourth-order valence-electron chi connectivity index (χ4n) is 3.55. The maximum absolute atomic E-state index is 12.3. The van der Waals surface area contributed by atoms with Gasteiger partial charge < -0.3 is 4.98 Å². The molecular formula is C18H19ClN4O2. The molecular weight excluding hydrogens is 340 g/mol. The van der Waals surface area contributed by atoms with E-state index in [1.807, 2.05) is 24.3 Å². The van der Waals surface area contributed by atoms with Gasteiger partial charge in [-0.3, -0.25) is 14.3 Å². The Balaban J connectivity index is 1.70. The fourth-order valence-corrected chi connectivity index (χ4v) is 3.68. The highest BCUT2D eigenvalue weighted by atomic mass is 35.5. The van der Waals surface area contributed by atoms with E-state index in [9.17, 15) is 9.59 Å². The van der Waals surface area contributed by atoms with Crippen molar-refractivity contribution in [2.24, 2.45) is 0 Å². The van der Waals surface area contributed by atoms with Gasteiger partial charge in [0.05, 0.1) is 0 Å². The Hall–Kier alpha value is -2.34. The molecule has 7 heteroatoms. The monoisotopic (exact) mass is 358 g/mol. The number of aryl methyl sites for hydroxylation is 2. The summed E-state index contributed by atoms with van der Waals surface area (Å²) in [5.74, 6) is 1.18. The number of H-pyrrole nitrogens is 2. The number of nitrogens with one attached hydrogen (secondary N) is 2. The summed E-state index contributed by atoms with van der Waals surface area (Å²) >= 11 is 5.91. The lowest BCUT2D eigenvalue weighted by Crippen LogP contribution is -2.30. The van der Waals surface area contributed by atoms with Crippen molar-refractivity contribution in [1.82, 2.24) is 19.5 Å². The molecule has 0 amide bonds. The zero-order valence-electron chi connectivity index (χ0n) is 13.7. The number of benzene rings is 1. The van der Waals surface area contributed by atoms with Crippen LogP contribution in [0, 0.1) is 0 Å². The lowest BCUT2D eigenvalue weighted by atomic mass is 10.1. The zero-order valence-corrected chi connectivity index (χ0v) is 14.5. The molecule has 0 bridgehead atoms. The molecule has 1 fully saturated rings. The van der Waals surface area contributed by atoms with Crippen LogP contribution in [0.1, 0.15) is 43.0 Å². The molecule has 1 aliphatic rings. The topological polar surface area (TPSA) is 83.5 Å². The molecule has 1 aromatic carbocycles. The van der Waals surface area contributed by atoms with Crippen LogP contribution in [-0.4, -0.2) is 19.5 Å². The van der Waals surface area contributed by atoms with Gasteiger partial charge in [-0.1, -0.05) is 36.6 Å². The third kappa shape index (κ3) is 3.14. The highest BCUT2D eigenvalue weighted by molar-refractivity contribution is 6.30. The van der Waals surface area contributed by atoms with Gasteiger partial charge in [0.2, 0.25) is 0 Å². The van der Waals surface area contributed by atoms with Gasteiger partial charge in [0.1, 0.15) is 11.3 Å². The third-order valence-corrected chi connectivity index (χ3v) is 5.18. The number of hydrogen-bond acceptors (Lipinski definition) is 3. The molecule has 2 N–H and O–H groups in total. The van der Waals surface area contributed by atoms with E-state index in [0.29, 0.717) is 35.1 Å². The minimum absolute atomic E-state index is 0.353. The van der Waals surface area contributed by atoms with Gasteiger partial charge in [-0.25, -0.2) is 9.78 Å². The number of aromatic nitrogens is 4. The number of halogens is 1. The van der Waals surface area contributed by atoms with Crippen LogP contribution >= 0.6 is 11.6 Å². The van der Waals surface area contributed by atoms with E-state index in [1.165, 1.54) is 12.8 Å². The van der Waals surface area contributed by atoms with Crippen molar-refractivity contribution in [1.29, 1.82) is 0 Å². The third-order valence-electron chi connectivity index (χ3n) is 4.93. The predicted octanol–water partition coefficient (Wildman–Crippen LogP) is 2.97. The molecule has 0 aliphatic heterocycles. The molecule has 2 heterocycles. The number of nitrogens with zero attached hydrogens (tertiary/aromatic N) is 2. The van der Waals surface area contributed by atoms with Crippen molar-refractivity contribution in [3.63, 3.8) is 0 Å². The van der Waals surface area contributed by atoms with Crippen molar-refractivity contribution >= 4 is 22.8 Å². The second-order valence-corrected chi connectivity index (χ2v) is 7.03. The maximum Gasteiger partial charge on any atom is 0.330 e. The maximum atomic E-state index is 12.3. The number of hydrogen-bond donors (Lipinski definition) is 2. The fraction of sp³-hybridized carbons (Fsp3) is 0.389. The van der Waals surface area contributed by atoms with Crippen LogP contribution in [0.4, 0.5) is 0 Å². The van der Waals surface area contributed by atoms with Crippen LogP contribution in [0.25, 0.3) is 11.2 Å². The standard InChI is InChI=1S/C18H19ClN4O2/c19-13-7-5-11(6-8-13)9-10-23-16-14(17(24)22-18(23)25)20-15(21-16)12-3-1-2-4-12/h5-8,12H,1-4,9-10H2,(H,20,21)(H,22,24,25). The number of fused-ring (bicyclic) bond motifs is 1. The molecule has 2 aromatic heterocycles. The Labute approximate surface area is 148 Å². The van der Waals surface area contributed by atoms with Crippen molar-refractivity contribution in [2.45, 2.75) is 44.6 Å². The molecule has 0 radical (unpaired) electrons. The largest absolute Gasteiger partial charge is 0.336 e. The lowest BCUT2D eigenvalue weighted by Gasteiger charge is -2.06. The Morgan fingerprint density at radius 2 is 1.84 bits per heavy atom. The summed E-state index contributed by atoms with van der Waals surface area (Å²) < 4.78 is 1.54. The summed E-state index contributed by atoms with van der Waals surface area (Å²) in [6.07, 6.45) is 5.17. The van der Waals surface area contributed by atoms with Crippen LogP contribution in [0.5, 0.6) is 0 Å². The Bertz CT molecular complexity index is 1010. The Morgan fingerprint density at radius 3 is 2.56 bits per heavy atom. The summed E-state index contributed by atoms with van der Waals surface area (Å²) in [4.78, 5) is 34.6. The summed E-state index contributed by atoms with van der Waals surface area (Å²) in [7, 11) is 0. The lowest BCUT2D eigenvalue weighted by molar-refractivity contribution is 0.658. The minimum atomic E-state index is -0.420. The van der Waals surface area contributed by atoms with Gasteiger partial charge in [-0.15, -0.1) is 0 Å². The molecule has 1 aliphatic carbocycles. The summed E-state index contributed by atoms with van der Waals surface area (Å²) in [5.41, 5.74) is 1.08. The molecule has 4 rings (SSSR count). The van der Waals surface area contributed by atoms with Gasteiger partial charge in [0, 0.05) is 17.5 Å². The van der Waals surface area contributed by atoms with Gasteiger partial charge in [0.15, 0.2) is 5.65 Å². The number of rotatable bonds is 4. The smallest absolute Gasteiger partial charge is 0.330 e. The zero-order chi connectivity index (χ0) is 17.4. The van der Waals surface area contributed by atoms with Crippen molar-refractivity contribution in [2.75, 3.05) is 0 Å². The molecule has 3 aromatic rings. The van der Waals surface area contributed by atoms with Crippen molar-refractivity contribution in [3.05, 3.63) is 61.5 Å². The number of aromatic amines is 2. The van der Waals surface area contributed by atoms with Crippen LogP contribution in [0.3, 0.4) is 0 Å². The van der Waals surface area contributed by atoms with Crippen LogP contribution < -0.4 is 11.2 Å². The average molecular weight is 359 g/mol. The predicted molar refractivity (Wildman–Crippen MR) is 97.3 cm³/mol. The second kappa shape index (κ2) is 6.52. The SMILES string of the molecule is O=c1[nH]c(=O)n(CCc2ccc(Cl)cc2)c2nc(C3CCCC3)[nH]c12. The first-order chi connectivity index (χ1) is 12.1. The quantitative estimate of drug-likeness (QED) is 0.752. The summed E-state index contributed by atoms with van der Waals surface area (Å²) in [6, 6.07) is 7.53. The van der Waals surface area contributed by atoms with E-state index >= 15 is 0 Å². The molecule has 0 saturated heterocycles. The highest BCUT2D eigenvalue weighted by Crippen LogP contribution is 2.32. The normalized spacial score (nSPS) is 15.2. The highest BCUT2D eigenvalue weighted by Gasteiger charge is 2.22. The first-order valence-electron chi connectivity index (χ1n) is 8.59. The van der Waals surface area contributed by atoms with E-state index in [1.54, 1.807) is 4.57 Å². The Kier molecular flexibility index (Phi) is 4.21. The average Bonchev–Trinajstić information content (AvgIpc) is 3.25. The van der Waals surface area contributed by atoms with Crippen LogP contribution in [0.2, 0.25) is 5.02 Å². The summed E-state index contributed by atoms with van der Waals surface area (Å²) in [6.45, 7) is 0.447. The Morgan fingerprint density at radius 1 is 1.12 bits per heavy atom. The van der Waals surface area contributed by atoms with E-state index < -0.39 is 11.2 Å². The first-order valence-corrected chi connectivity index (χ1v) is 8.97. The molecule has 0 atom stereocenters. The van der Waals surface area contributed by atoms with Gasteiger partial charge in [-0.05, 0) is 37.0 Å². The first kappa shape index (κ1) is 16.1. The second-order valence-electron chi connectivity index (χ2n) is 6.59. The van der Waals surface area contributed by atoms with Gasteiger partial charge in [-0.2, -0.15) is 0 Å². The van der Waals surface area contributed by atoms with Gasteiger partial charge in [0.25, 0.3) is 5.56 Å². The van der Waals surface area contributed by atoms with E-state index in [0.717, 1.165) is 24.2 Å². The minimum Gasteiger partial charge on any atom is -0.336 e.